The van der Waals surface area contributed by atoms with Crippen LogP contribution < -0.4 is 0 Å². The van der Waals surface area contributed by atoms with E-state index in [0.29, 0.717) is 17.5 Å². The van der Waals surface area contributed by atoms with E-state index < -0.39 is 0 Å². The van der Waals surface area contributed by atoms with Crippen LogP contribution in [0.5, 0.6) is 0 Å². The zero-order valence-electron chi connectivity index (χ0n) is 23.7. The molecule has 6 heteroatoms. The molecule has 6 nitrogen and oxygen atoms in total. The van der Waals surface area contributed by atoms with Gasteiger partial charge in [-0.15, -0.1) is 0 Å². The molecular formula is C39H21N3O3. The second-order valence-electron chi connectivity index (χ2n) is 11.2. The Balaban J connectivity index is 1.27. The van der Waals surface area contributed by atoms with Crippen molar-refractivity contribution in [3.63, 3.8) is 0 Å². The predicted octanol–water partition coefficient (Wildman–Crippen LogP) is 10.6. The van der Waals surface area contributed by atoms with Gasteiger partial charge in [0.1, 0.15) is 33.5 Å². The van der Waals surface area contributed by atoms with E-state index in [1.54, 1.807) is 0 Å². The number of rotatable bonds is 3. The zero-order valence-corrected chi connectivity index (χ0v) is 23.7. The first-order chi connectivity index (χ1) is 22.3. The summed E-state index contributed by atoms with van der Waals surface area (Å²) in [5.41, 5.74) is 7.26. The van der Waals surface area contributed by atoms with Gasteiger partial charge in [0.2, 0.25) is 0 Å². The molecule has 0 amide bonds. The van der Waals surface area contributed by atoms with E-state index in [-0.39, 0.29) is 0 Å². The van der Waals surface area contributed by atoms with Crippen LogP contribution in [0, 0.1) is 0 Å². The third-order valence-electron chi connectivity index (χ3n) is 8.55. The van der Waals surface area contributed by atoms with Gasteiger partial charge in [-0.1, -0.05) is 91.0 Å². The maximum atomic E-state index is 6.39. The number of benzene rings is 6. The number of nitrogens with zero attached hydrogens (tertiary/aromatic N) is 3. The Hall–Kier alpha value is -6.27. The van der Waals surface area contributed by atoms with E-state index in [0.717, 1.165) is 82.5 Å². The van der Waals surface area contributed by atoms with E-state index in [4.69, 9.17) is 28.2 Å². The molecule has 0 saturated heterocycles. The molecule has 0 bridgehead atoms. The van der Waals surface area contributed by atoms with Crippen LogP contribution in [0.3, 0.4) is 0 Å². The summed E-state index contributed by atoms with van der Waals surface area (Å²) in [5, 5.41) is 6.09. The summed E-state index contributed by atoms with van der Waals surface area (Å²) in [6.45, 7) is 0. The normalized spacial score (nSPS) is 12.0. The number of para-hydroxylation sites is 3. The zero-order chi connectivity index (χ0) is 29.5. The Kier molecular flexibility index (Phi) is 4.90. The highest BCUT2D eigenvalue weighted by Gasteiger charge is 2.21. The molecule has 0 unspecified atom stereocenters. The van der Waals surface area contributed by atoms with E-state index in [1.165, 1.54) is 0 Å². The quantitative estimate of drug-likeness (QED) is 0.207. The summed E-state index contributed by atoms with van der Waals surface area (Å²) < 4.78 is 18.9. The molecule has 0 radical (unpaired) electrons. The second-order valence-corrected chi connectivity index (χ2v) is 11.2. The van der Waals surface area contributed by atoms with Gasteiger partial charge in [-0.05, 0) is 30.3 Å². The molecular weight excluding hydrogens is 558 g/mol. The van der Waals surface area contributed by atoms with Crippen molar-refractivity contribution in [3.8, 4) is 34.2 Å². The minimum absolute atomic E-state index is 0.538. The molecule has 0 N–H and O–H groups in total. The van der Waals surface area contributed by atoms with Crippen LogP contribution in [0.2, 0.25) is 0 Å². The first-order valence-electron chi connectivity index (χ1n) is 14.8. The summed E-state index contributed by atoms with van der Waals surface area (Å²) in [4.78, 5) is 15.2. The molecule has 4 heterocycles. The molecule has 0 atom stereocenters. The van der Waals surface area contributed by atoms with E-state index in [1.807, 2.05) is 103 Å². The molecule has 210 valence electrons. The first-order valence-corrected chi connectivity index (χ1v) is 14.8. The van der Waals surface area contributed by atoms with Crippen LogP contribution in [-0.2, 0) is 0 Å². The van der Waals surface area contributed by atoms with Crippen molar-refractivity contribution >= 4 is 65.8 Å². The molecule has 0 saturated carbocycles. The van der Waals surface area contributed by atoms with Gasteiger partial charge < -0.3 is 13.3 Å². The highest BCUT2D eigenvalue weighted by Crippen LogP contribution is 2.41. The summed E-state index contributed by atoms with van der Waals surface area (Å²) in [7, 11) is 0. The standard InChI is InChI=1S/C39H21N3O3/c1-2-10-22(11-3-1)37-40-38(42-39(41-37)27-16-8-14-25-23-12-4-7-18-31(23)45-36(25)27)26-15-9-19-32-35(26)29-20-28-24-13-5-6-17-30(24)43-33(28)21-34(29)44-32/h1-21H. The van der Waals surface area contributed by atoms with Crippen molar-refractivity contribution in [2.45, 2.75) is 0 Å². The fourth-order valence-electron chi connectivity index (χ4n) is 6.49. The molecule has 6 aromatic carbocycles. The fraction of sp³-hybridized carbons (Fsp3) is 0. The summed E-state index contributed by atoms with van der Waals surface area (Å²) in [5.74, 6) is 1.67. The Morgan fingerprint density at radius 2 is 0.933 bits per heavy atom. The second kappa shape index (κ2) is 9.11. The van der Waals surface area contributed by atoms with Gasteiger partial charge >= 0.3 is 0 Å². The van der Waals surface area contributed by atoms with Crippen molar-refractivity contribution in [1.29, 1.82) is 0 Å². The van der Waals surface area contributed by atoms with Crippen LogP contribution in [0.15, 0.2) is 141 Å². The Morgan fingerprint density at radius 1 is 0.356 bits per heavy atom. The Morgan fingerprint density at radius 3 is 1.78 bits per heavy atom. The van der Waals surface area contributed by atoms with Crippen LogP contribution in [0.4, 0.5) is 0 Å². The number of hydrogen-bond acceptors (Lipinski definition) is 6. The maximum Gasteiger partial charge on any atom is 0.167 e. The molecule has 0 aliphatic carbocycles. The predicted molar refractivity (Wildman–Crippen MR) is 178 cm³/mol. The minimum atomic E-state index is 0.538. The lowest BCUT2D eigenvalue weighted by molar-refractivity contribution is 0.656. The third-order valence-corrected chi connectivity index (χ3v) is 8.55. The lowest BCUT2D eigenvalue weighted by Crippen LogP contribution is -2.00. The third kappa shape index (κ3) is 3.60. The van der Waals surface area contributed by atoms with Gasteiger partial charge in [0.05, 0.1) is 5.56 Å². The molecule has 45 heavy (non-hydrogen) atoms. The van der Waals surface area contributed by atoms with E-state index >= 15 is 0 Å². The number of fused-ring (bicyclic) bond motifs is 9. The maximum absolute atomic E-state index is 6.39. The lowest BCUT2D eigenvalue weighted by atomic mass is 10.0. The van der Waals surface area contributed by atoms with Gasteiger partial charge in [-0.3, -0.25) is 0 Å². The molecule has 10 aromatic rings. The smallest absolute Gasteiger partial charge is 0.167 e. The molecule has 4 aromatic heterocycles. The molecule has 0 aliphatic heterocycles. The van der Waals surface area contributed by atoms with Crippen molar-refractivity contribution in [3.05, 3.63) is 127 Å². The van der Waals surface area contributed by atoms with Gasteiger partial charge in [-0.25, -0.2) is 15.0 Å². The van der Waals surface area contributed by atoms with Crippen LogP contribution in [0.25, 0.3) is 100.0 Å². The van der Waals surface area contributed by atoms with Crippen molar-refractivity contribution in [2.75, 3.05) is 0 Å². The summed E-state index contributed by atoms with van der Waals surface area (Å²) in [6.07, 6.45) is 0. The molecule has 0 spiro atoms. The fourth-order valence-corrected chi connectivity index (χ4v) is 6.49. The Bertz CT molecular complexity index is 2770. The van der Waals surface area contributed by atoms with Gasteiger partial charge in [0, 0.05) is 49.5 Å². The average molecular weight is 580 g/mol. The highest BCUT2D eigenvalue weighted by molar-refractivity contribution is 6.18. The lowest BCUT2D eigenvalue weighted by Gasteiger charge is -2.09. The van der Waals surface area contributed by atoms with Crippen molar-refractivity contribution in [1.82, 2.24) is 15.0 Å². The summed E-state index contributed by atoms with van der Waals surface area (Å²) >= 11 is 0. The SMILES string of the molecule is c1ccc(-c2nc(-c3cccc4c3oc3ccccc34)nc(-c3cccc4oc5cc6oc7ccccc7c6cc5c34)n2)cc1. The minimum Gasteiger partial charge on any atom is -0.456 e. The summed E-state index contributed by atoms with van der Waals surface area (Å²) in [6, 6.07) is 42.4. The molecule has 10 rings (SSSR count). The van der Waals surface area contributed by atoms with Gasteiger partial charge in [0.25, 0.3) is 0 Å². The number of furan rings is 3. The number of aromatic nitrogens is 3. The first kappa shape index (κ1) is 24.2. The van der Waals surface area contributed by atoms with Crippen LogP contribution >= 0.6 is 0 Å². The highest BCUT2D eigenvalue weighted by atomic mass is 16.3. The largest absolute Gasteiger partial charge is 0.456 e. The molecule has 0 fully saturated rings. The monoisotopic (exact) mass is 579 g/mol. The van der Waals surface area contributed by atoms with E-state index in [9.17, 15) is 0 Å². The van der Waals surface area contributed by atoms with Crippen molar-refractivity contribution < 1.29 is 13.3 Å². The van der Waals surface area contributed by atoms with Gasteiger partial charge in [-0.2, -0.15) is 0 Å². The van der Waals surface area contributed by atoms with Gasteiger partial charge in [0.15, 0.2) is 17.5 Å². The average Bonchev–Trinajstić information content (AvgIpc) is 3.78. The van der Waals surface area contributed by atoms with Crippen LogP contribution in [-0.4, -0.2) is 15.0 Å². The topological polar surface area (TPSA) is 78.1 Å². The Labute approximate surface area is 255 Å². The van der Waals surface area contributed by atoms with Crippen molar-refractivity contribution in [2.24, 2.45) is 0 Å². The van der Waals surface area contributed by atoms with Crippen LogP contribution in [0.1, 0.15) is 0 Å². The van der Waals surface area contributed by atoms with E-state index in [2.05, 4.69) is 24.3 Å². The number of hydrogen-bond donors (Lipinski definition) is 0. The molecule has 0 aliphatic rings.